The summed E-state index contributed by atoms with van der Waals surface area (Å²) in [7, 11) is 4.30. The third-order valence-electron chi connectivity index (χ3n) is 3.12. The highest BCUT2D eigenvalue weighted by atomic mass is 15.1. The van der Waals surface area contributed by atoms with Crippen LogP contribution in [0, 0.1) is 5.92 Å². The van der Waals surface area contributed by atoms with Crippen LogP contribution >= 0.6 is 0 Å². The van der Waals surface area contributed by atoms with Gasteiger partial charge in [0.25, 0.3) is 0 Å². The Hall–Kier alpha value is -0.500. The van der Waals surface area contributed by atoms with Crippen LogP contribution in [0.4, 0.5) is 0 Å². The van der Waals surface area contributed by atoms with Crippen molar-refractivity contribution in [2.45, 2.75) is 45.1 Å². The summed E-state index contributed by atoms with van der Waals surface area (Å²) in [5, 5.41) is 0. The molecule has 2 N–H and O–H groups in total. The zero-order valence-corrected chi connectivity index (χ0v) is 9.79. The second-order valence-electron chi connectivity index (χ2n) is 4.54. The molecule has 0 aliphatic heterocycles. The maximum atomic E-state index is 5.91. The molecule has 1 rings (SSSR count). The van der Waals surface area contributed by atoms with E-state index in [1.165, 1.54) is 31.4 Å². The molecule has 1 fully saturated rings. The topological polar surface area (TPSA) is 29.3 Å². The van der Waals surface area contributed by atoms with Gasteiger partial charge in [0.1, 0.15) is 0 Å². The molecular formula is C12H24N2. The van der Waals surface area contributed by atoms with Gasteiger partial charge in [0.05, 0.1) is 0 Å². The third kappa shape index (κ3) is 3.02. The van der Waals surface area contributed by atoms with Crippen LogP contribution in [-0.4, -0.2) is 25.0 Å². The van der Waals surface area contributed by atoms with Gasteiger partial charge < -0.3 is 10.6 Å². The van der Waals surface area contributed by atoms with Crippen molar-refractivity contribution in [1.29, 1.82) is 0 Å². The minimum absolute atomic E-state index is 0.455. The Morgan fingerprint density at radius 2 is 1.86 bits per heavy atom. The van der Waals surface area contributed by atoms with E-state index in [9.17, 15) is 0 Å². The second-order valence-corrected chi connectivity index (χ2v) is 4.54. The van der Waals surface area contributed by atoms with Gasteiger partial charge in [-0.2, -0.15) is 0 Å². The van der Waals surface area contributed by atoms with Crippen LogP contribution in [0.1, 0.15) is 39.0 Å². The summed E-state index contributed by atoms with van der Waals surface area (Å²) in [6.07, 6.45) is 8.42. The van der Waals surface area contributed by atoms with Gasteiger partial charge >= 0.3 is 0 Å². The highest BCUT2D eigenvalue weighted by Crippen LogP contribution is 2.30. The Bertz CT molecular complexity index is 188. The SMILES string of the molecule is CC/C=C(\C1CCC(N)CC1)N(C)C. The fourth-order valence-electron chi connectivity index (χ4n) is 2.34. The van der Waals surface area contributed by atoms with Gasteiger partial charge in [-0.05, 0) is 38.0 Å². The van der Waals surface area contributed by atoms with E-state index in [4.69, 9.17) is 5.73 Å². The molecule has 1 aliphatic rings. The predicted octanol–water partition coefficient (Wildman–Crippen LogP) is 2.36. The molecule has 1 aliphatic carbocycles. The molecular weight excluding hydrogens is 172 g/mol. The van der Waals surface area contributed by atoms with Gasteiger partial charge in [-0.15, -0.1) is 0 Å². The van der Waals surface area contributed by atoms with Crippen LogP contribution in [0.3, 0.4) is 0 Å². The Labute approximate surface area is 88.2 Å². The quantitative estimate of drug-likeness (QED) is 0.751. The largest absolute Gasteiger partial charge is 0.381 e. The van der Waals surface area contributed by atoms with E-state index in [-0.39, 0.29) is 0 Å². The first-order valence-corrected chi connectivity index (χ1v) is 5.78. The van der Waals surface area contributed by atoms with Crippen molar-refractivity contribution in [3.63, 3.8) is 0 Å². The molecule has 0 amide bonds. The normalized spacial score (nSPS) is 29.0. The van der Waals surface area contributed by atoms with E-state index < -0.39 is 0 Å². The smallest absolute Gasteiger partial charge is 0.0118 e. The summed E-state index contributed by atoms with van der Waals surface area (Å²) in [5.74, 6) is 0.754. The summed E-state index contributed by atoms with van der Waals surface area (Å²) in [4.78, 5) is 2.27. The van der Waals surface area contributed by atoms with Crippen molar-refractivity contribution < 1.29 is 0 Å². The lowest BCUT2D eigenvalue weighted by Crippen LogP contribution is -2.30. The summed E-state index contributed by atoms with van der Waals surface area (Å²) >= 11 is 0. The van der Waals surface area contributed by atoms with E-state index in [0.29, 0.717) is 6.04 Å². The fourth-order valence-corrected chi connectivity index (χ4v) is 2.34. The number of hydrogen-bond donors (Lipinski definition) is 1. The zero-order chi connectivity index (χ0) is 10.6. The van der Waals surface area contributed by atoms with Crippen LogP contribution in [0.15, 0.2) is 11.8 Å². The molecule has 1 saturated carbocycles. The Balaban J connectivity index is 2.57. The monoisotopic (exact) mass is 196 g/mol. The molecule has 0 unspecified atom stereocenters. The second kappa shape index (κ2) is 5.40. The molecule has 2 nitrogen and oxygen atoms in total. The molecule has 0 aromatic heterocycles. The Morgan fingerprint density at radius 3 is 2.29 bits per heavy atom. The van der Waals surface area contributed by atoms with Gasteiger partial charge in [0.2, 0.25) is 0 Å². The number of nitrogens with two attached hydrogens (primary N) is 1. The first kappa shape index (κ1) is 11.6. The van der Waals surface area contributed by atoms with Crippen LogP contribution in [0.2, 0.25) is 0 Å². The van der Waals surface area contributed by atoms with Crippen LogP contribution < -0.4 is 5.73 Å². The summed E-state index contributed by atoms with van der Waals surface area (Å²) in [6.45, 7) is 2.21. The molecule has 0 bridgehead atoms. The van der Waals surface area contributed by atoms with Gasteiger partial charge in [-0.25, -0.2) is 0 Å². The zero-order valence-electron chi connectivity index (χ0n) is 9.79. The molecule has 14 heavy (non-hydrogen) atoms. The fraction of sp³-hybridized carbons (Fsp3) is 0.833. The minimum atomic E-state index is 0.455. The molecule has 0 radical (unpaired) electrons. The lowest BCUT2D eigenvalue weighted by atomic mass is 9.84. The lowest BCUT2D eigenvalue weighted by molar-refractivity contribution is 0.308. The van der Waals surface area contributed by atoms with Crippen LogP contribution in [0.5, 0.6) is 0 Å². The minimum Gasteiger partial charge on any atom is -0.381 e. The summed E-state index contributed by atoms with van der Waals surface area (Å²) in [6, 6.07) is 0.455. The first-order valence-electron chi connectivity index (χ1n) is 5.78. The number of hydrogen-bond acceptors (Lipinski definition) is 2. The summed E-state index contributed by atoms with van der Waals surface area (Å²) in [5.41, 5.74) is 7.43. The highest BCUT2D eigenvalue weighted by Gasteiger charge is 2.22. The first-order chi connectivity index (χ1) is 6.65. The molecule has 0 atom stereocenters. The molecule has 82 valence electrons. The molecule has 0 aromatic carbocycles. The van der Waals surface area contributed by atoms with Gasteiger partial charge in [-0.3, -0.25) is 0 Å². The predicted molar refractivity (Wildman–Crippen MR) is 62.0 cm³/mol. The van der Waals surface area contributed by atoms with E-state index in [1.807, 2.05) is 0 Å². The average molecular weight is 196 g/mol. The number of nitrogens with zero attached hydrogens (tertiary/aromatic N) is 1. The van der Waals surface area contributed by atoms with E-state index in [1.54, 1.807) is 0 Å². The van der Waals surface area contributed by atoms with Crippen LogP contribution in [0.25, 0.3) is 0 Å². The van der Waals surface area contributed by atoms with Crippen molar-refractivity contribution in [2.24, 2.45) is 11.7 Å². The lowest BCUT2D eigenvalue weighted by Gasteiger charge is -2.31. The highest BCUT2D eigenvalue weighted by molar-refractivity contribution is 5.06. The average Bonchev–Trinajstić information content (AvgIpc) is 2.15. The molecule has 0 heterocycles. The molecule has 2 heteroatoms. The maximum absolute atomic E-state index is 5.91. The van der Waals surface area contributed by atoms with Crippen molar-refractivity contribution >= 4 is 0 Å². The Kier molecular flexibility index (Phi) is 4.46. The van der Waals surface area contributed by atoms with E-state index in [2.05, 4.69) is 32.0 Å². The number of allylic oxidation sites excluding steroid dienone is 2. The van der Waals surface area contributed by atoms with Gasteiger partial charge in [0, 0.05) is 25.8 Å². The third-order valence-corrected chi connectivity index (χ3v) is 3.12. The number of rotatable bonds is 3. The van der Waals surface area contributed by atoms with Gasteiger partial charge in [0.15, 0.2) is 0 Å². The van der Waals surface area contributed by atoms with Crippen molar-refractivity contribution in [3.8, 4) is 0 Å². The van der Waals surface area contributed by atoms with Crippen molar-refractivity contribution in [3.05, 3.63) is 11.8 Å². The van der Waals surface area contributed by atoms with E-state index >= 15 is 0 Å². The van der Waals surface area contributed by atoms with Crippen molar-refractivity contribution in [2.75, 3.05) is 14.1 Å². The van der Waals surface area contributed by atoms with Gasteiger partial charge in [-0.1, -0.05) is 13.0 Å². The van der Waals surface area contributed by atoms with Crippen LogP contribution in [-0.2, 0) is 0 Å². The maximum Gasteiger partial charge on any atom is 0.0118 e. The molecule has 0 aromatic rings. The van der Waals surface area contributed by atoms with Crippen molar-refractivity contribution in [1.82, 2.24) is 4.90 Å². The Morgan fingerprint density at radius 1 is 1.29 bits per heavy atom. The summed E-state index contributed by atoms with van der Waals surface area (Å²) < 4.78 is 0. The standard InChI is InChI=1S/C12H24N2/c1-4-5-12(14(2)3)10-6-8-11(13)9-7-10/h5,10-11H,4,6-9,13H2,1-3H3/b12-5+. The molecule has 0 spiro atoms. The van der Waals surface area contributed by atoms with E-state index in [0.717, 1.165) is 12.3 Å². The molecule has 0 saturated heterocycles.